The summed E-state index contributed by atoms with van der Waals surface area (Å²) in [6.07, 6.45) is 0. The third kappa shape index (κ3) is 5.18. The molecular weight excluding hydrogens is 293 g/mol. The normalized spacial score (nSPS) is 20.6. The number of rotatable bonds is 4. The van der Waals surface area contributed by atoms with E-state index in [1.165, 1.54) is 6.07 Å². The number of nitrogens with zero attached hydrogens (tertiary/aromatic N) is 4. The highest BCUT2D eigenvalue weighted by Crippen LogP contribution is 2.07. The number of hydrogen-bond donors (Lipinski definition) is 1. The maximum Gasteiger partial charge on any atom is 0.193 e. The second-order valence-corrected chi connectivity index (χ2v) is 6.31. The molecule has 1 heterocycles. The Balaban J connectivity index is 1.89. The topological polar surface area (TPSA) is 34.1 Å². The Hall–Kier alpha value is -1.66. The van der Waals surface area contributed by atoms with E-state index < -0.39 is 0 Å². The molecule has 1 fully saturated rings. The summed E-state index contributed by atoms with van der Waals surface area (Å²) in [7, 11) is 8.07. The Morgan fingerprint density at radius 3 is 2.87 bits per heavy atom. The number of likely N-dealkylation sites (N-methyl/N-ethyl adjacent to an activating group) is 2. The first-order valence-electron chi connectivity index (χ1n) is 8.04. The van der Waals surface area contributed by atoms with Gasteiger partial charge in [-0.05, 0) is 31.8 Å². The first kappa shape index (κ1) is 17.7. The molecule has 0 aromatic heterocycles. The van der Waals surface area contributed by atoms with Crippen LogP contribution in [0, 0.1) is 5.82 Å². The molecule has 0 radical (unpaired) electrons. The van der Waals surface area contributed by atoms with E-state index in [1.54, 1.807) is 19.2 Å². The number of halogens is 1. The highest BCUT2D eigenvalue weighted by molar-refractivity contribution is 5.79. The molecule has 0 saturated carbocycles. The van der Waals surface area contributed by atoms with Gasteiger partial charge in [-0.2, -0.15) is 0 Å². The van der Waals surface area contributed by atoms with Crippen molar-refractivity contribution in [3.05, 3.63) is 35.6 Å². The summed E-state index contributed by atoms with van der Waals surface area (Å²) >= 11 is 0. The van der Waals surface area contributed by atoms with Crippen molar-refractivity contribution in [1.82, 2.24) is 20.0 Å². The Labute approximate surface area is 138 Å². The predicted octanol–water partition coefficient (Wildman–Crippen LogP) is 1.08. The van der Waals surface area contributed by atoms with E-state index in [4.69, 9.17) is 0 Å². The summed E-state index contributed by atoms with van der Waals surface area (Å²) in [5.74, 6) is 0.626. The number of piperazine rings is 1. The summed E-state index contributed by atoms with van der Waals surface area (Å²) in [6, 6.07) is 7.16. The van der Waals surface area contributed by atoms with Gasteiger partial charge in [0.05, 0.1) is 0 Å². The molecule has 1 unspecified atom stereocenters. The monoisotopic (exact) mass is 321 g/mol. The minimum Gasteiger partial charge on any atom is -0.355 e. The zero-order valence-corrected chi connectivity index (χ0v) is 14.6. The van der Waals surface area contributed by atoms with E-state index in [0.29, 0.717) is 12.6 Å². The molecule has 6 heteroatoms. The van der Waals surface area contributed by atoms with Gasteiger partial charge in [0.2, 0.25) is 0 Å². The number of nitrogens with one attached hydrogen (secondary N) is 1. The van der Waals surface area contributed by atoms with Gasteiger partial charge in [0.25, 0.3) is 0 Å². The van der Waals surface area contributed by atoms with Crippen molar-refractivity contribution in [2.45, 2.75) is 12.6 Å². The molecule has 1 aliphatic heterocycles. The van der Waals surface area contributed by atoms with Crippen molar-refractivity contribution in [1.29, 1.82) is 0 Å². The van der Waals surface area contributed by atoms with Crippen LogP contribution in [-0.4, -0.2) is 81.1 Å². The van der Waals surface area contributed by atoms with Gasteiger partial charge in [-0.25, -0.2) is 4.39 Å². The predicted molar refractivity (Wildman–Crippen MR) is 93.1 cm³/mol. The van der Waals surface area contributed by atoms with Gasteiger partial charge in [0, 0.05) is 52.9 Å². The van der Waals surface area contributed by atoms with Crippen LogP contribution in [0.1, 0.15) is 5.56 Å². The van der Waals surface area contributed by atoms with Crippen molar-refractivity contribution in [2.75, 3.05) is 54.4 Å². The largest absolute Gasteiger partial charge is 0.355 e. The van der Waals surface area contributed by atoms with Crippen LogP contribution in [0.4, 0.5) is 4.39 Å². The molecule has 0 aliphatic carbocycles. The molecule has 0 spiro atoms. The Morgan fingerprint density at radius 1 is 1.39 bits per heavy atom. The lowest BCUT2D eigenvalue weighted by molar-refractivity contribution is 0.116. The van der Waals surface area contributed by atoms with E-state index in [2.05, 4.69) is 34.2 Å². The smallest absolute Gasteiger partial charge is 0.193 e. The molecule has 1 aromatic carbocycles. The average Bonchev–Trinajstić information content (AvgIpc) is 2.51. The molecule has 0 amide bonds. The van der Waals surface area contributed by atoms with E-state index in [0.717, 1.165) is 37.7 Å². The first-order chi connectivity index (χ1) is 11.0. The molecule has 1 N–H and O–H groups in total. The standard InChI is InChI=1S/C17H28FN5/c1-19-17(20-11-16-13-21(2)8-9-22(16)3)23(4)12-14-6-5-7-15(18)10-14/h5-7,10,16H,8-9,11-13H2,1-4H3,(H,19,20). The van der Waals surface area contributed by atoms with Gasteiger partial charge >= 0.3 is 0 Å². The van der Waals surface area contributed by atoms with Crippen LogP contribution in [0.2, 0.25) is 0 Å². The van der Waals surface area contributed by atoms with Crippen LogP contribution in [0.25, 0.3) is 0 Å². The second kappa shape index (κ2) is 8.26. The van der Waals surface area contributed by atoms with Crippen LogP contribution in [0.15, 0.2) is 29.3 Å². The third-order valence-corrected chi connectivity index (χ3v) is 4.36. The Morgan fingerprint density at radius 2 is 2.17 bits per heavy atom. The SMILES string of the molecule is CN=C(NCC1CN(C)CCN1C)N(C)Cc1cccc(F)c1. The minimum atomic E-state index is -0.203. The van der Waals surface area contributed by atoms with Crippen molar-refractivity contribution in [2.24, 2.45) is 4.99 Å². The van der Waals surface area contributed by atoms with E-state index in [-0.39, 0.29) is 5.82 Å². The zero-order valence-electron chi connectivity index (χ0n) is 14.6. The molecule has 2 rings (SSSR count). The summed E-state index contributed by atoms with van der Waals surface area (Å²) in [5, 5.41) is 3.44. The molecule has 23 heavy (non-hydrogen) atoms. The number of benzene rings is 1. The molecular formula is C17H28FN5. The lowest BCUT2D eigenvalue weighted by Crippen LogP contribution is -2.55. The summed E-state index contributed by atoms with van der Waals surface area (Å²) in [6.45, 7) is 4.72. The van der Waals surface area contributed by atoms with Crippen LogP contribution in [0.5, 0.6) is 0 Å². The fourth-order valence-electron chi connectivity index (χ4n) is 2.90. The molecule has 1 aliphatic rings. The Bertz CT molecular complexity index is 533. The first-order valence-corrected chi connectivity index (χ1v) is 8.04. The molecule has 0 bridgehead atoms. The van der Waals surface area contributed by atoms with Gasteiger partial charge in [0.1, 0.15) is 5.82 Å². The summed E-state index contributed by atoms with van der Waals surface area (Å²) in [5.41, 5.74) is 0.935. The third-order valence-electron chi connectivity index (χ3n) is 4.36. The fraction of sp³-hybridized carbons (Fsp3) is 0.588. The van der Waals surface area contributed by atoms with Gasteiger partial charge < -0.3 is 15.1 Å². The summed E-state index contributed by atoms with van der Waals surface area (Å²) < 4.78 is 13.3. The lowest BCUT2D eigenvalue weighted by Gasteiger charge is -2.38. The van der Waals surface area contributed by atoms with E-state index >= 15 is 0 Å². The van der Waals surface area contributed by atoms with Gasteiger partial charge in [-0.15, -0.1) is 0 Å². The van der Waals surface area contributed by atoms with Crippen LogP contribution >= 0.6 is 0 Å². The molecule has 128 valence electrons. The van der Waals surface area contributed by atoms with Crippen molar-refractivity contribution < 1.29 is 4.39 Å². The second-order valence-electron chi connectivity index (χ2n) is 6.31. The Kier molecular flexibility index (Phi) is 6.36. The maximum absolute atomic E-state index is 13.3. The van der Waals surface area contributed by atoms with E-state index in [9.17, 15) is 4.39 Å². The van der Waals surface area contributed by atoms with Gasteiger partial charge in [-0.3, -0.25) is 9.89 Å². The number of hydrogen-bond acceptors (Lipinski definition) is 3. The zero-order chi connectivity index (χ0) is 16.8. The maximum atomic E-state index is 13.3. The minimum absolute atomic E-state index is 0.203. The average molecular weight is 321 g/mol. The number of guanidine groups is 1. The molecule has 1 atom stereocenters. The molecule has 1 aromatic rings. The van der Waals surface area contributed by atoms with Crippen LogP contribution < -0.4 is 5.32 Å². The van der Waals surface area contributed by atoms with Gasteiger partial charge in [-0.1, -0.05) is 12.1 Å². The highest BCUT2D eigenvalue weighted by atomic mass is 19.1. The fourth-order valence-corrected chi connectivity index (χ4v) is 2.90. The lowest BCUT2D eigenvalue weighted by atomic mass is 10.2. The van der Waals surface area contributed by atoms with Crippen molar-refractivity contribution >= 4 is 5.96 Å². The molecule has 5 nitrogen and oxygen atoms in total. The summed E-state index contributed by atoms with van der Waals surface area (Å²) in [4.78, 5) is 11.1. The van der Waals surface area contributed by atoms with Crippen LogP contribution in [-0.2, 0) is 6.54 Å². The quantitative estimate of drug-likeness (QED) is 0.665. The van der Waals surface area contributed by atoms with E-state index in [1.807, 2.05) is 18.0 Å². The van der Waals surface area contributed by atoms with Crippen LogP contribution in [0.3, 0.4) is 0 Å². The highest BCUT2D eigenvalue weighted by Gasteiger charge is 2.22. The van der Waals surface area contributed by atoms with Gasteiger partial charge in [0.15, 0.2) is 5.96 Å². The number of aliphatic imine (C=N–C) groups is 1. The van der Waals surface area contributed by atoms with Crippen molar-refractivity contribution in [3.8, 4) is 0 Å². The van der Waals surface area contributed by atoms with Crippen molar-refractivity contribution in [3.63, 3.8) is 0 Å². The molecule has 1 saturated heterocycles.